The third kappa shape index (κ3) is 4.52. The number of esters is 1. The molecule has 0 saturated heterocycles. The summed E-state index contributed by atoms with van der Waals surface area (Å²) in [5.74, 6) is -0.263. The van der Waals surface area contributed by atoms with E-state index in [0.717, 1.165) is 4.47 Å². The number of aromatic nitrogens is 1. The van der Waals surface area contributed by atoms with Crippen LogP contribution in [0.15, 0.2) is 59.2 Å². The molecule has 0 aliphatic heterocycles. The van der Waals surface area contributed by atoms with Crippen molar-refractivity contribution in [2.45, 2.75) is 26.4 Å². The monoisotopic (exact) mass is 426 g/mol. The Morgan fingerprint density at radius 1 is 0.963 bits per heavy atom. The van der Waals surface area contributed by atoms with Crippen LogP contribution in [0.25, 0.3) is 10.8 Å². The number of rotatable bonds is 3. The van der Waals surface area contributed by atoms with Gasteiger partial charge in [-0.3, -0.25) is 4.79 Å². The number of halogens is 1. The fourth-order valence-corrected chi connectivity index (χ4v) is 2.89. The van der Waals surface area contributed by atoms with Crippen LogP contribution in [0, 0.1) is 0 Å². The zero-order chi connectivity index (χ0) is 19.6. The molecule has 1 heterocycles. The number of benzene rings is 2. The van der Waals surface area contributed by atoms with E-state index in [0.29, 0.717) is 27.7 Å². The van der Waals surface area contributed by atoms with Crippen LogP contribution in [-0.4, -0.2) is 22.5 Å². The summed E-state index contributed by atoms with van der Waals surface area (Å²) in [5, 5.41) is 4.12. The zero-order valence-corrected chi connectivity index (χ0v) is 16.8. The minimum Gasteiger partial charge on any atom is -0.456 e. The van der Waals surface area contributed by atoms with E-state index in [1.54, 1.807) is 42.6 Å². The molecular formula is C21H19BrN2O3. The number of pyridine rings is 1. The first-order valence-electron chi connectivity index (χ1n) is 8.42. The molecule has 0 aliphatic rings. The van der Waals surface area contributed by atoms with Crippen LogP contribution in [0.1, 0.15) is 41.5 Å². The molecule has 0 unspecified atom stereocenters. The van der Waals surface area contributed by atoms with Crippen molar-refractivity contribution in [3.63, 3.8) is 0 Å². The summed E-state index contributed by atoms with van der Waals surface area (Å²) in [6, 6.07) is 14.0. The molecule has 0 spiro atoms. The van der Waals surface area contributed by atoms with Crippen molar-refractivity contribution >= 4 is 44.4 Å². The zero-order valence-electron chi connectivity index (χ0n) is 15.2. The van der Waals surface area contributed by atoms with E-state index >= 15 is 0 Å². The van der Waals surface area contributed by atoms with Crippen molar-refractivity contribution in [1.29, 1.82) is 0 Å². The lowest BCUT2D eigenvalue weighted by atomic mass is 9.99. The first kappa shape index (κ1) is 19.0. The number of hydrogen-bond acceptors (Lipinski definition) is 4. The Kier molecular flexibility index (Phi) is 5.28. The van der Waals surface area contributed by atoms with Gasteiger partial charge in [0.25, 0.3) is 5.91 Å². The fourth-order valence-electron chi connectivity index (χ4n) is 2.65. The van der Waals surface area contributed by atoms with E-state index in [1.165, 1.54) is 0 Å². The van der Waals surface area contributed by atoms with Crippen LogP contribution in [-0.2, 0) is 4.74 Å². The van der Waals surface area contributed by atoms with Crippen LogP contribution in [0.3, 0.4) is 0 Å². The number of carbonyl (C=O) groups excluding carboxylic acids is 2. The third-order valence-electron chi connectivity index (χ3n) is 3.75. The predicted octanol–water partition coefficient (Wildman–Crippen LogP) is 5.20. The van der Waals surface area contributed by atoms with Gasteiger partial charge in [0.05, 0.1) is 5.56 Å². The maximum Gasteiger partial charge on any atom is 0.339 e. The molecule has 1 N–H and O–H groups in total. The largest absolute Gasteiger partial charge is 0.456 e. The summed E-state index contributed by atoms with van der Waals surface area (Å²) >= 11 is 3.31. The maximum absolute atomic E-state index is 12.7. The van der Waals surface area contributed by atoms with Gasteiger partial charge in [-0.15, -0.1) is 0 Å². The van der Waals surface area contributed by atoms with Crippen molar-refractivity contribution in [3.8, 4) is 0 Å². The highest BCUT2D eigenvalue weighted by molar-refractivity contribution is 9.10. The number of ether oxygens (including phenoxy) is 1. The minimum absolute atomic E-state index is 0.295. The Hall–Kier alpha value is -2.73. The standard InChI is InChI=1S/C21H19BrN2O3/c1-21(2,3)27-20(26)17-9-5-6-14-15(17)7-4-8-16(14)19(25)24-18-11-10-13(22)12-23-18/h4-12H,1-3H3,(H,23,24,25). The predicted molar refractivity (Wildman–Crippen MR) is 109 cm³/mol. The van der Waals surface area contributed by atoms with Gasteiger partial charge < -0.3 is 10.1 Å². The van der Waals surface area contributed by atoms with Crippen LogP contribution in [0.4, 0.5) is 5.82 Å². The molecule has 2 aromatic carbocycles. The molecule has 0 saturated carbocycles. The van der Waals surface area contributed by atoms with Gasteiger partial charge >= 0.3 is 5.97 Å². The first-order chi connectivity index (χ1) is 12.7. The SMILES string of the molecule is CC(C)(C)OC(=O)c1cccc2c(C(=O)Nc3ccc(Br)cn3)cccc12. The van der Waals surface area contributed by atoms with Crippen molar-refractivity contribution in [2.24, 2.45) is 0 Å². The van der Waals surface area contributed by atoms with Crippen LogP contribution in [0.2, 0.25) is 0 Å². The third-order valence-corrected chi connectivity index (χ3v) is 4.22. The number of anilines is 1. The average Bonchev–Trinajstić information content (AvgIpc) is 2.61. The second-order valence-corrected chi connectivity index (χ2v) is 7.94. The number of amides is 1. The Balaban J connectivity index is 1.97. The molecule has 1 aromatic heterocycles. The molecule has 6 heteroatoms. The normalized spacial score (nSPS) is 11.3. The minimum atomic E-state index is -0.596. The number of nitrogens with zero attached hydrogens (tertiary/aromatic N) is 1. The van der Waals surface area contributed by atoms with Gasteiger partial charge in [0.2, 0.25) is 0 Å². The Morgan fingerprint density at radius 2 is 1.59 bits per heavy atom. The van der Waals surface area contributed by atoms with Gasteiger partial charge in [0, 0.05) is 16.2 Å². The Labute approximate surface area is 165 Å². The maximum atomic E-state index is 12.7. The molecule has 1 amide bonds. The molecule has 0 atom stereocenters. The van der Waals surface area contributed by atoms with Gasteiger partial charge in [0.15, 0.2) is 0 Å². The highest BCUT2D eigenvalue weighted by Gasteiger charge is 2.21. The Bertz CT molecular complexity index is 1010. The molecule has 5 nitrogen and oxygen atoms in total. The number of nitrogens with one attached hydrogen (secondary N) is 1. The van der Waals surface area contributed by atoms with Gasteiger partial charge in [0.1, 0.15) is 11.4 Å². The Morgan fingerprint density at radius 3 is 2.19 bits per heavy atom. The van der Waals surface area contributed by atoms with Gasteiger partial charge in [-0.2, -0.15) is 0 Å². The first-order valence-corrected chi connectivity index (χ1v) is 9.22. The lowest BCUT2D eigenvalue weighted by Gasteiger charge is -2.20. The molecule has 138 valence electrons. The fraction of sp³-hybridized carbons (Fsp3) is 0.190. The molecule has 3 aromatic rings. The van der Waals surface area contributed by atoms with Crippen molar-refractivity contribution < 1.29 is 14.3 Å². The summed E-state index contributed by atoms with van der Waals surface area (Å²) in [6.07, 6.45) is 1.61. The number of fused-ring (bicyclic) bond motifs is 1. The summed E-state index contributed by atoms with van der Waals surface area (Å²) in [4.78, 5) is 29.4. The quantitative estimate of drug-likeness (QED) is 0.583. The van der Waals surface area contributed by atoms with Gasteiger partial charge in [-0.05, 0) is 71.7 Å². The highest BCUT2D eigenvalue weighted by Crippen LogP contribution is 2.25. The van der Waals surface area contributed by atoms with E-state index in [1.807, 2.05) is 32.9 Å². The number of carbonyl (C=O) groups is 2. The lowest BCUT2D eigenvalue weighted by molar-refractivity contribution is 0.00717. The summed E-state index contributed by atoms with van der Waals surface area (Å²) < 4.78 is 6.31. The molecule has 0 fully saturated rings. The second kappa shape index (κ2) is 7.48. The van der Waals surface area contributed by atoms with E-state index in [9.17, 15) is 9.59 Å². The van der Waals surface area contributed by atoms with Crippen molar-refractivity contribution in [2.75, 3.05) is 5.32 Å². The highest BCUT2D eigenvalue weighted by atomic mass is 79.9. The summed E-state index contributed by atoms with van der Waals surface area (Å²) in [6.45, 7) is 5.46. The van der Waals surface area contributed by atoms with E-state index in [2.05, 4.69) is 26.2 Å². The van der Waals surface area contributed by atoms with Crippen LogP contribution >= 0.6 is 15.9 Å². The second-order valence-electron chi connectivity index (χ2n) is 7.02. The number of hydrogen-bond donors (Lipinski definition) is 1. The summed E-state index contributed by atoms with van der Waals surface area (Å²) in [7, 11) is 0. The van der Waals surface area contributed by atoms with E-state index < -0.39 is 11.6 Å². The topological polar surface area (TPSA) is 68.3 Å². The smallest absolute Gasteiger partial charge is 0.339 e. The lowest BCUT2D eigenvalue weighted by Crippen LogP contribution is -2.24. The average molecular weight is 427 g/mol. The van der Waals surface area contributed by atoms with Gasteiger partial charge in [-0.25, -0.2) is 9.78 Å². The molecular weight excluding hydrogens is 408 g/mol. The molecule has 0 bridgehead atoms. The van der Waals surface area contributed by atoms with Gasteiger partial charge in [-0.1, -0.05) is 24.3 Å². The molecule has 0 radical (unpaired) electrons. The molecule has 0 aliphatic carbocycles. The summed E-state index contributed by atoms with van der Waals surface area (Å²) in [5.41, 5.74) is 0.295. The van der Waals surface area contributed by atoms with Crippen LogP contribution < -0.4 is 5.32 Å². The van der Waals surface area contributed by atoms with Crippen LogP contribution in [0.5, 0.6) is 0 Å². The van der Waals surface area contributed by atoms with E-state index in [4.69, 9.17) is 4.74 Å². The van der Waals surface area contributed by atoms with Crippen molar-refractivity contribution in [3.05, 3.63) is 70.3 Å². The molecule has 27 heavy (non-hydrogen) atoms. The molecule has 3 rings (SSSR count). The van der Waals surface area contributed by atoms with Crippen molar-refractivity contribution in [1.82, 2.24) is 4.98 Å². The van der Waals surface area contributed by atoms with E-state index in [-0.39, 0.29) is 5.91 Å².